The summed E-state index contributed by atoms with van der Waals surface area (Å²) in [6, 6.07) is 0. The molecule has 4 heteroatoms. The van der Waals surface area contributed by atoms with Crippen LogP contribution >= 0.6 is 0 Å². The lowest BCUT2D eigenvalue weighted by Crippen LogP contribution is -2.49. The van der Waals surface area contributed by atoms with Crippen LogP contribution in [0.25, 0.3) is 0 Å². The third-order valence-electron chi connectivity index (χ3n) is 8.38. The van der Waals surface area contributed by atoms with E-state index >= 15 is 0 Å². The number of Topliss-reactive ketones (excluding diaryl/α,β-unsaturated/α-hetero) is 1. The van der Waals surface area contributed by atoms with E-state index in [4.69, 9.17) is 0 Å². The molecule has 0 aromatic rings. The quantitative estimate of drug-likeness (QED) is 0.767. The average molecular weight is 350 g/mol. The fourth-order valence-electron chi connectivity index (χ4n) is 7.12. The van der Waals surface area contributed by atoms with Crippen LogP contribution in [0.4, 0.5) is 4.39 Å². The SMILES string of the molecule is C[C@]12CC[C@H]3[C@@H](CC=C4C[C@](O)(CF)CC[C@@H]43)[C@@H]1CC[C@@H]2C(=O)CO. The number of carbonyl (C=O) groups excluding carboxylic acids is 1. The van der Waals surface area contributed by atoms with Crippen molar-refractivity contribution in [3.05, 3.63) is 11.6 Å². The van der Waals surface area contributed by atoms with Gasteiger partial charge in [-0.15, -0.1) is 0 Å². The number of carbonyl (C=O) groups is 1. The molecule has 0 unspecified atom stereocenters. The third kappa shape index (κ3) is 2.63. The van der Waals surface area contributed by atoms with Crippen LogP contribution in [0.1, 0.15) is 58.3 Å². The first-order valence-corrected chi connectivity index (χ1v) is 10.0. The molecular weight excluding hydrogens is 319 g/mol. The minimum absolute atomic E-state index is 0.0248. The van der Waals surface area contributed by atoms with E-state index in [1.165, 1.54) is 5.57 Å². The van der Waals surface area contributed by atoms with E-state index in [0.717, 1.165) is 38.5 Å². The van der Waals surface area contributed by atoms with E-state index in [2.05, 4.69) is 13.0 Å². The highest BCUT2D eigenvalue weighted by Gasteiger charge is 2.57. The van der Waals surface area contributed by atoms with Gasteiger partial charge in [0.15, 0.2) is 5.78 Å². The first-order valence-electron chi connectivity index (χ1n) is 10.0. The molecule has 0 saturated heterocycles. The van der Waals surface area contributed by atoms with E-state index in [-0.39, 0.29) is 23.7 Å². The van der Waals surface area contributed by atoms with Crippen molar-refractivity contribution < 1.29 is 19.4 Å². The molecule has 0 spiro atoms. The maximum atomic E-state index is 13.2. The topological polar surface area (TPSA) is 57.5 Å². The average Bonchev–Trinajstić information content (AvgIpc) is 2.98. The molecule has 0 radical (unpaired) electrons. The van der Waals surface area contributed by atoms with Crippen molar-refractivity contribution in [1.29, 1.82) is 0 Å². The zero-order valence-corrected chi connectivity index (χ0v) is 15.2. The van der Waals surface area contributed by atoms with Gasteiger partial charge in [-0.3, -0.25) is 4.79 Å². The Bertz CT molecular complexity index is 588. The molecule has 0 heterocycles. The number of ketones is 1. The molecule has 4 aliphatic rings. The number of alkyl halides is 1. The Balaban J connectivity index is 1.57. The summed E-state index contributed by atoms with van der Waals surface area (Å²) in [5, 5.41) is 19.7. The number of halogens is 1. The molecule has 4 aliphatic carbocycles. The van der Waals surface area contributed by atoms with Crippen molar-refractivity contribution in [2.75, 3.05) is 13.3 Å². The molecule has 2 N–H and O–H groups in total. The highest BCUT2D eigenvalue weighted by atomic mass is 19.1. The standard InChI is InChI=1S/C21H31FO3/c1-20-8-6-15-14-7-9-21(25,12-22)10-13(14)2-3-16(15)17(20)4-5-18(20)19(24)11-23/h2,14-18,23,25H,3-12H2,1H3/t14-,15+,16+,17-,18+,20-,21-/m0/s1. The maximum Gasteiger partial charge on any atom is 0.161 e. The molecule has 0 amide bonds. The molecule has 4 rings (SSSR count). The van der Waals surface area contributed by atoms with Gasteiger partial charge in [0, 0.05) is 5.92 Å². The highest BCUT2D eigenvalue weighted by Crippen LogP contribution is 2.63. The monoisotopic (exact) mass is 350 g/mol. The second kappa shape index (κ2) is 6.16. The van der Waals surface area contributed by atoms with E-state index in [1.807, 2.05) is 0 Å². The molecule has 3 nitrogen and oxygen atoms in total. The Kier molecular flexibility index (Phi) is 4.35. The summed E-state index contributed by atoms with van der Waals surface area (Å²) in [5.74, 6) is 2.36. The van der Waals surface area contributed by atoms with Crippen molar-refractivity contribution in [1.82, 2.24) is 0 Å². The molecule has 0 aliphatic heterocycles. The molecule has 0 aromatic heterocycles. The zero-order valence-electron chi connectivity index (χ0n) is 15.2. The molecule has 3 saturated carbocycles. The Hall–Kier alpha value is -0.740. The van der Waals surface area contributed by atoms with Gasteiger partial charge in [0.05, 0.1) is 5.60 Å². The highest BCUT2D eigenvalue weighted by molar-refractivity contribution is 5.83. The third-order valence-corrected chi connectivity index (χ3v) is 8.38. The number of hydrogen-bond acceptors (Lipinski definition) is 3. The molecule has 140 valence electrons. The summed E-state index contributed by atoms with van der Waals surface area (Å²) in [7, 11) is 0. The summed E-state index contributed by atoms with van der Waals surface area (Å²) < 4.78 is 13.2. The molecular formula is C21H31FO3. The van der Waals surface area contributed by atoms with Gasteiger partial charge in [0.2, 0.25) is 0 Å². The first kappa shape index (κ1) is 17.7. The summed E-state index contributed by atoms with van der Waals surface area (Å²) in [6.45, 7) is 1.31. The van der Waals surface area contributed by atoms with Crippen LogP contribution in [-0.4, -0.2) is 34.9 Å². The van der Waals surface area contributed by atoms with Crippen molar-refractivity contribution in [3.63, 3.8) is 0 Å². The van der Waals surface area contributed by atoms with Gasteiger partial charge in [-0.25, -0.2) is 4.39 Å². The second-order valence-electron chi connectivity index (χ2n) is 9.43. The van der Waals surface area contributed by atoms with E-state index < -0.39 is 12.3 Å². The molecule has 0 bridgehead atoms. The minimum Gasteiger partial charge on any atom is -0.389 e. The summed E-state index contributed by atoms with van der Waals surface area (Å²) in [4.78, 5) is 12.2. The van der Waals surface area contributed by atoms with E-state index in [1.54, 1.807) is 0 Å². The fourth-order valence-corrected chi connectivity index (χ4v) is 7.12. The normalized spacial score (nSPS) is 49.0. The largest absolute Gasteiger partial charge is 0.389 e. The molecule has 0 aromatic carbocycles. The first-order chi connectivity index (χ1) is 11.9. The minimum atomic E-state index is -1.13. The van der Waals surface area contributed by atoms with Gasteiger partial charge >= 0.3 is 0 Å². The Morgan fingerprint density at radius 3 is 2.76 bits per heavy atom. The number of fused-ring (bicyclic) bond motifs is 5. The number of aliphatic hydroxyl groups excluding tert-OH is 1. The van der Waals surface area contributed by atoms with Crippen LogP contribution in [0.2, 0.25) is 0 Å². The van der Waals surface area contributed by atoms with Crippen LogP contribution in [0.3, 0.4) is 0 Å². The lowest BCUT2D eigenvalue weighted by atomic mass is 9.51. The number of allylic oxidation sites excluding steroid dienone is 1. The lowest BCUT2D eigenvalue weighted by Gasteiger charge is -2.54. The fraction of sp³-hybridized carbons (Fsp3) is 0.857. The number of aliphatic hydroxyl groups is 2. The summed E-state index contributed by atoms with van der Waals surface area (Å²) >= 11 is 0. The van der Waals surface area contributed by atoms with Crippen LogP contribution in [0, 0.1) is 35.0 Å². The van der Waals surface area contributed by atoms with Crippen LogP contribution in [0.15, 0.2) is 11.6 Å². The lowest BCUT2D eigenvalue weighted by molar-refractivity contribution is -0.131. The zero-order chi connectivity index (χ0) is 17.8. The smallest absolute Gasteiger partial charge is 0.161 e. The van der Waals surface area contributed by atoms with Gasteiger partial charge < -0.3 is 10.2 Å². The molecule has 25 heavy (non-hydrogen) atoms. The van der Waals surface area contributed by atoms with Crippen molar-refractivity contribution in [2.24, 2.45) is 35.0 Å². The number of rotatable bonds is 3. The number of hydrogen-bond donors (Lipinski definition) is 2. The predicted molar refractivity (Wildman–Crippen MR) is 93.6 cm³/mol. The second-order valence-corrected chi connectivity index (χ2v) is 9.43. The Morgan fingerprint density at radius 2 is 2.04 bits per heavy atom. The van der Waals surface area contributed by atoms with Crippen LogP contribution < -0.4 is 0 Å². The van der Waals surface area contributed by atoms with E-state index in [0.29, 0.717) is 36.5 Å². The van der Waals surface area contributed by atoms with Crippen molar-refractivity contribution in [3.8, 4) is 0 Å². The molecule has 3 fully saturated rings. The van der Waals surface area contributed by atoms with Gasteiger partial charge in [-0.05, 0) is 80.5 Å². The predicted octanol–water partition coefficient (Wildman–Crippen LogP) is 3.44. The van der Waals surface area contributed by atoms with Crippen molar-refractivity contribution in [2.45, 2.75) is 63.9 Å². The molecule has 7 atom stereocenters. The summed E-state index contributed by atoms with van der Waals surface area (Å²) in [5.41, 5.74) is 0.197. The maximum absolute atomic E-state index is 13.2. The van der Waals surface area contributed by atoms with Gasteiger partial charge in [-0.2, -0.15) is 0 Å². The Morgan fingerprint density at radius 1 is 1.24 bits per heavy atom. The van der Waals surface area contributed by atoms with Gasteiger partial charge in [0.1, 0.15) is 13.3 Å². The van der Waals surface area contributed by atoms with Gasteiger partial charge in [-0.1, -0.05) is 18.6 Å². The van der Waals surface area contributed by atoms with Crippen LogP contribution in [-0.2, 0) is 4.79 Å². The Labute approximate surface area is 149 Å². The van der Waals surface area contributed by atoms with E-state index in [9.17, 15) is 19.4 Å². The van der Waals surface area contributed by atoms with Crippen LogP contribution in [0.5, 0.6) is 0 Å². The van der Waals surface area contributed by atoms with Crippen molar-refractivity contribution >= 4 is 5.78 Å². The van der Waals surface area contributed by atoms with Gasteiger partial charge in [0.25, 0.3) is 0 Å². The summed E-state index contributed by atoms with van der Waals surface area (Å²) in [6.07, 6.45) is 9.49.